The zero-order valence-corrected chi connectivity index (χ0v) is 15.8. The average molecular weight is 373 g/mol. The Bertz CT molecular complexity index is 568. The standard InChI is InChI=1S/C17H28N4O3.ClH/c1-11-5-3-4-8-17(11)14(23)21(15(24)20-17)9-13(22)19-16(2,10-18)12-6-7-12;/h11-12H,3-10,18H2,1-2H3,(H,19,22)(H,20,24);1H. The summed E-state index contributed by atoms with van der Waals surface area (Å²) >= 11 is 0. The van der Waals surface area contributed by atoms with E-state index in [2.05, 4.69) is 10.6 Å². The lowest BCUT2D eigenvalue weighted by Gasteiger charge is -2.36. The van der Waals surface area contributed by atoms with Crippen molar-refractivity contribution in [2.45, 2.75) is 63.5 Å². The highest BCUT2D eigenvalue weighted by Gasteiger charge is 2.55. The lowest BCUT2D eigenvalue weighted by molar-refractivity contribution is -0.137. The molecule has 142 valence electrons. The van der Waals surface area contributed by atoms with E-state index in [1.807, 2.05) is 13.8 Å². The molecule has 3 unspecified atom stereocenters. The molecule has 25 heavy (non-hydrogen) atoms. The van der Waals surface area contributed by atoms with Gasteiger partial charge in [-0.2, -0.15) is 0 Å². The van der Waals surface area contributed by atoms with E-state index in [-0.39, 0.29) is 36.7 Å². The molecular weight excluding hydrogens is 344 g/mol. The SMILES string of the molecule is CC1CCCCC12NC(=O)N(CC(=O)NC(C)(CN)C1CC1)C2=O.Cl. The second kappa shape index (κ2) is 7.11. The van der Waals surface area contributed by atoms with Crippen LogP contribution in [-0.2, 0) is 9.59 Å². The van der Waals surface area contributed by atoms with Crippen molar-refractivity contribution in [2.75, 3.05) is 13.1 Å². The molecule has 2 saturated carbocycles. The number of urea groups is 1. The Kier molecular flexibility index (Phi) is 5.68. The van der Waals surface area contributed by atoms with Crippen LogP contribution in [-0.4, -0.2) is 46.9 Å². The normalized spacial score (nSPS) is 31.3. The Labute approximate surface area is 154 Å². The Hall–Kier alpha value is -1.34. The van der Waals surface area contributed by atoms with Crippen molar-refractivity contribution in [3.8, 4) is 0 Å². The Morgan fingerprint density at radius 3 is 2.60 bits per heavy atom. The maximum absolute atomic E-state index is 12.9. The second-order valence-corrected chi connectivity index (χ2v) is 7.88. The van der Waals surface area contributed by atoms with Crippen LogP contribution in [0.4, 0.5) is 4.79 Å². The van der Waals surface area contributed by atoms with Crippen LogP contribution < -0.4 is 16.4 Å². The quantitative estimate of drug-likeness (QED) is 0.629. The van der Waals surface area contributed by atoms with Gasteiger partial charge in [-0.15, -0.1) is 12.4 Å². The van der Waals surface area contributed by atoms with Gasteiger partial charge in [0, 0.05) is 6.54 Å². The third-order valence-corrected chi connectivity index (χ3v) is 6.13. The van der Waals surface area contributed by atoms with Crippen molar-refractivity contribution in [2.24, 2.45) is 17.6 Å². The number of carbonyl (C=O) groups is 3. The molecule has 2 aliphatic carbocycles. The van der Waals surface area contributed by atoms with E-state index < -0.39 is 17.1 Å². The zero-order valence-electron chi connectivity index (χ0n) is 15.0. The summed E-state index contributed by atoms with van der Waals surface area (Å²) < 4.78 is 0. The predicted molar refractivity (Wildman–Crippen MR) is 96.2 cm³/mol. The molecule has 0 bridgehead atoms. The van der Waals surface area contributed by atoms with Crippen LogP contribution in [0, 0.1) is 11.8 Å². The Morgan fingerprint density at radius 2 is 2.04 bits per heavy atom. The molecule has 0 aromatic rings. The zero-order chi connectivity index (χ0) is 17.5. The fourth-order valence-corrected chi connectivity index (χ4v) is 4.18. The molecule has 3 rings (SSSR count). The van der Waals surface area contributed by atoms with E-state index in [0.29, 0.717) is 18.9 Å². The van der Waals surface area contributed by atoms with E-state index >= 15 is 0 Å². The van der Waals surface area contributed by atoms with E-state index in [0.717, 1.165) is 37.0 Å². The Morgan fingerprint density at radius 1 is 1.36 bits per heavy atom. The molecule has 0 aromatic heterocycles. The van der Waals surface area contributed by atoms with Crippen molar-refractivity contribution in [3.05, 3.63) is 0 Å². The first-order valence-electron chi connectivity index (χ1n) is 8.97. The molecule has 0 aromatic carbocycles. The van der Waals surface area contributed by atoms with Gasteiger partial charge in [0.05, 0.1) is 5.54 Å². The number of amides is 4. The number of hydrogen-bond acceptors (Lipinski definition) is 4. The van der Waals surface area contributed by atoms with Gasteiger partial charge >= 0.3 is 6.03 Å². The van der Waals surface area contributed by atoms with Gasteiger partial charge < -0.3 is 16.4 Å². The maximum atomic E-state index is 12.9. The van der Waals surface area contributed by atoms with Gasteiger partial charge in [0.15, 0.2) is 0 Å². The summed E-state index contributed by atoms with van der Waals surface area (Å²) in [6, 6.07) is -0.454. The predicted octanol–water partition coefficient (Wildman–Crippen LogP) is 1.15. The molecule has 1 spiro atoms. The molecule has 0 radical (unpaired) electrons. The average Bonchev–Trinajstić information content (AvgIpc) is 3.36. The van der Waals surface area contributed by atoms with Gasteiger partial charge in [-0.25, -0.2) is 4.79 Å². The number of carbonyl (C=O) groups excluding carboxylic acids is 3. The molecular formula is C17H29ClN4O3. The summed E-state index contributed by atoms with van der Waals surface area (Å²) in [6.45, 7) is 4.05. The van der Waals surface area contributed by atoms with Crippen molar-refractivity contribution < 1.29 is 14.4 Å². The number of nitrogens with zero attached hydrogens (tertiary/aromatic N) is 1. The van der Waals surface area contributed by atoms with Crippen LogP contribution in [0.3, 0.4) is 0 Å². The summed E-state index contributed by atoms with van der Waals surface area (Å²) in [6.07, 6.45) is 5.67. The number of nitrogens with two attached hydrogens (primary N) is 1. The van der Waals surface area contributed by atoms with Gasteiger partial charge in [0.25, 0.3) is 5.91 Å². The van der Waals surface area contributed by atoms with Gasteiger partial charge in [0.2, 0.25) is 5.91 Å². The minimum atomic E-state index is -0.816. The highest BCUT2D eigenvalue weighted by atomic mass is 35.5. The van der Waals surface area contributed by atoms with Crippen LogP contribution in [0.25, 0.3) is 0 Å². The van der Waals surface area contributed by atoms with E-state index in [9.17, 15) is 14.4 Å². The molecule has 4 amide bonds. The van der Waals surface area contributed by atoms with Crippen LogP contribution in [0.15, 0.2) is 0 Å². The summed E-state index contributed by atoms with van der Waals surface area (Å²) in [4.78, 5) is 38.6. The van der Waals surface area contributed by atoms with Gasteiger partial charge in [-0.1, -0.05) is 19.8 Å². The highest BCUT2D eigenvalue weighted by molar-refractivity contribution is 6.09. The minimum absolute atomic E-state index is 0. The minimum Gasteiger partial charge on any atom is -0.348 e. The molecule has 7 nitrogen and oxygen atoms in total. The monoisotopic (exact) mass is 372 g/mol. The third-order valence-electron chi connectivity index (χ3n) is 6.13. The van der Waals surface area contributed by atoms with Crippen molar-refractivity contribution in [1.29, 1.82) is 0 Å². The number of hydrogen-bond donors (Lipinski definition) is 3. The fraction of sp³-hybridized carbons (Fsp3) is 0.824. The van der Waals surface area contributed by atoms with Crippen LogP contribution in [0.5, 0.6) is 0 Å². The molecule has 3 atom stereocenters. The van der Waals surface area contributed by atoms with Gasteiger partial charge in [0.1, 0.15) is 12.1 Å². The van der Waals surface area contributed by atoms with Crippen LogP contribution in [0.1, 0.15) is 52.4 Å². The number of imide groups is 1. The molecule has 4 N–H and O–H groups in total. The third kappa shape index (κ3) is 3.49. The maximum Gasteiger partial charge on any atom is 0.325 e. The van der Waals surface area contributed by atoms with Crippen molar-refractivity contribution >= 4 is 30.3 Å². The summed E-state index contributed by atoms with van der Waals surface area (Å²) in [5, 5.41) is 5.81. The number of nitrogens with one attached hydrogen (secondary N) is 2. The molecule has 3 fully saturated rings. The van der Waals surface area contributed by atoms with E-state index in [1.165, 1.54) is 0 Å². The van der Waals surface area contributed by atoms with Crippen molar-refractivity contribution in [1.82, 2.24) is 15.5 Å². The first kappa shape index (κ1) is 20.0. The van der Waals surface area contributed by atoms with Gasteiger partial charge in [-0.3, -0.25) is 14.5 Å². The molecule has 1 saturated heterocycles. The lowest BCUT2D eigenvalue weighted by atomic mass is 9.73. The topological polar surface area (TPSA) is 105 Å². The Balaban J connectivity index is 0.00000225. The summed E-state index contributed by atoms with van der Waals surface area (Å²) in [5.74, 6) is -0.0922. The smallest absolute Gasteiger partial charge is 0.325 e. The van der Waals surface area contributed by atoms with E-state index in [4.69, 9.17) is 5.73 Å². The molecule has 8 heteroatoms. The lowest BCUT2D eigenvalue weighted by Crippen LogP contribution is -2.56. The largest absolute Gasteiger partial charge is 0.348 e. The fourth-order valence-electron chi connectivity index (χ4n) is 4.18. The molecule has 3 aliphatic rings. The second-order valence-electron chi connectivity index (χ2n) is 7.88. The first-order chi connectivity index (χ1) is 11.3. The van der Waals surface area contributed by atoms with E-state index in [1.54, 1.807) is 0 Å². The molecule has 1 heterocycles. The summed E-state index contributed by atoms with van der Waals surface area (Å²) in [7, 11) is 0. The number of rotatable bonds is 5. The van der Waals surface area contributed by atoms with Gasteiger partial charge in [-0.05, 0) is 44.4 Å². The van der Waals surface area contributed by atoms with Crippen molar-refractivity contribution in [3.63, 3.8) is 0 Å². The highest BCUT2D eigenvalue weighted by Crippen LogP contribution is 2.39. The van der Waals surface area contributed by atoms with Crippen LogP contribution in [0.2, 0.25) is 0 Å². The summed E-state index contributed by atoms with van der Waals surface area (Å²) in [5.41, 5.74) is 4.55. The number of halogens is 1. The first-order valence-corrected chi connectivity index (χ1v) is 8.97. The molecule has 1 aliphatic heterocycles. The van der Waals surface area contributed by atoms with Crippen LogP contribution >= 0.6 is 12.4 Å².